The summed E-state index contributed by atoms with van der Waals surface area (Å²) in [5, 5.41) is 0. The van der Waals surface area contributed by atoms with Gasteiger partial charge in [-0.2, -0.15) is 0 Å². The molecule has 2 nitrogen and oxygen atoms in total. The van der Waals surface area contributed by atoms with Crippen LogP contribution < -0.4 is 10.5 Å². The van der Waals surface area contributed by atoms with Crippen molar-refractivity contribution in [3.63, 3.8) is 0 Å². The number of rotatable bonds is 0. The lowest BCUT2D eigenvalue weighted by Gasteiger charge is -2.42. The van der Waals surface area contributed by atoms with E-state index >= 15 is 0 Å². The smallest absolute Gasteiger partial charge is 0.124 e. The molecule has 0 radical (unpaired) electrons. The van der Waals surface area contributed by atoms with E-state index in [0.717, 1.165) is 12.2 Å². The summed E-state index contributed by atoms with van der Waals surface area (Å²) < 4.78 is 6.44. The Morgan fingerprint density at radius 1 is 1.11 bits per heavy atom. The summed E-state index contributed by atoms with van der Waals surface area (Å²) in [5.74, 6) is 1.03. The van der Waals surface area contributed by atoms with Crippen molar-refractivity contribution in [2.45, 2.75) is 69.9 Å². The van der Waals surface area contributed by atoms with Crippen molar-refractivity contribution >= 4 is 0 Å². The Labute approximate surface area is 116 Å². The van der Waals surface area contributed by atoms with Gasteiger partial charge < -0.3 is 10.5 Å². The molecule has 1 fully saturated rings. The van der Waals surface area contributed by atoms with Crippen molar-refractivity contribution in [3.8, 4) is 5.75 Å². The molecule has 1 aliphatic carbocycles. The molecule has 0 bridgehead atoms. The third kappa shape index (κ3) is 2.64. The SMILES string of the molecule is Cc1ccc2c(c1)[C@H](N)CC1(CCCCCCC1)O2. The lowest BCUT2D eigenvalue weighted by Crippen LogP contribution is -2.43. The van der Waals surface area contributed by atoms with Crippen LogP contribution in [0, 0.1) is 6.92 Å². The Bertz CT molecular complexity index is 447. The highest BCUT2D eigenvalue weighted by molar-refractivity contribution is 5.41. The van der Waals surface area contributed by atoms with Crippen LogP contribution in [0.5, 0.6) is 5.75 Å². The lowest BCUT2D eigenvalue weighted by molar-refractivity contribution is 0.0112. The maximum atomic E-state index is 6.44. The number of ether oxygens (including phenoxy) is 1. The molecule has 1 spiro atoms. The van der Waals surface area contributed by atoms with Crippen molar-refractivity contribution in [3.05, 3.63) is 29.3 Å². The summed E-state index contributed by atoms with van der Waals surface area (Å²) in [6.07, 6.45) is 9.99. The van der Waals surface area contributed by atoms with E-state index in [4.69, 9.17) is 10.5 Å². The molecule has 19 heavy (non-hydrogen) atoms. The second-order valence-corrected chi connectivity index (χ2v) is 6.40. The lowest BCUT2D eigenvalue weighted by atomic mass is 9.79. The summed E-state index contributed by atoms with van der Waals surface area (Å²) in [4.78, 5) is 0. The van der Waals surface area contributed by atoms with E-state index in [-0.39, 0.29) is 11.6 Å². The first-order valence-electron chi connectivity index (χ1n) is 7.74. The van der Waals surface area contributed by atoms with Crippen LogP contribution >= 0.6 is 0 Å². The predicted molar refractivity (Wildman–Crippen MR) is 78.4 cm³/mol. The Kier molecular flexibility index (Phi) is 3.53. The average Bonchev–Trinajstić information content (AvgIpc) is 2.36. The zero-order valence-corrected chi connectivity index (χ0v) is 12.0. The number of benzene rings is 1. The highest BCUT2D eigenvalue weighted by Crippen LogP contribution is 2.44. The van der Waals surface area contributed by atoms with E-state index in [9.17, 15) is 0 Å². The number of fused-ring (bicyclic) bond motifs is 1. The zero-order chi connectivity index (χ0) is 13.3. The zero-order valence-electron chi connectivity index (χ0n) is 12.0. The Balaban J connectivity index is 1.88. The second-order valence-electron chi connectivity index (χ2n) is 6.40. The van der Waals surface area contributed by atoms with E-state index in [0.29, 0.717) is 0 Å². The Morgan fingerprint density at radius 2 is 1.79 bits per heavy atom. The first kappa shape index (κ1) is 13.0. The van der Waals surface area contributed by atoms with E-state index in [1.165, 1.54) is 56.1 Å². The van der Waals surface area contributed by atoms with Crippen molar-refractivity contribution in [1.82, 2.24) is 0 Å². The largest absolute Gasteiger partial charge is 0.487 e. The minimum absolute atomic E-state index is 0.0160. The molecule has 104 valence electrons. The van der Waals surface area contributed by atoms with Crippen molar-refractivity contribution in [1.29, 1.82) is 0 Å². The second kappa shape index (κ2) is 5.16. The third-order valence-corrected chi connectivity index (χ3v) is 4.75. The maximum absolute atomic E-state index is 6.44. The van der Waals surface area contributed by atoms with Gasteiger partial charge in [0.25, 0.3) is 0 Å². The highest BCUT2D eigenvalue weighted by Gasteiger charge is 2.39. The summed E-state index contributed by atoms with van der Waals surface area (Å²) >= 11 is 0. The fourth-order valence-electron chi connectivity index (χ4n) is 3.69. The average molecular weight is 259 g/mol. The molecule has 1 aromatic rings. The summed E-state index contributed by atoms with van der Waals surface area (Å²) in [6, 6.07) is 6.58. The molecule has 2 N–H and O–H groups in total. The van der Waals surface area contributed by atoms with Gasteiger partial charge in [-0.05, 0) is 38.7 Å². The standard InChI is InChI=1S/C17H25NO/c1-13-7-8-16-14(11-13)15(18)12-17(19-16)9-5-3-2-4-6-10-17/h7-8,11,15H,2-6,9-10,12,18H2,1H3/t15-/m1/s1. The van der Waals surface area contributed by atoms with Gasteiger partial charge in [0.05, 0.1) is 0 Å². The molecular weight excluding hydrogens is 234 g/mol. The summed E-state index contributed by atoms with van der Waals surface area (Å²) in [5.41, 5.74) is 8.92. The molecule has 0 aromatic heterocycles. The Hall–Kier alpha value is -1.02. The van der Waals surface area contributed by atoms with E-state index in [2.05, 4.69) is 25.1 Å². The molecule has 0 unspecified atom stereocenters. The molecule has 1 atom stereocenters. The third-order valence-electron chi connectivity index (χ3n) is 4.75. The fraction of sp³-hybridized carbons (Fsp3) is 0.647. The van der Waals surface area contributed by atoms with Gasteiger partial charge in [0.2, 0.25) is 0 Å². The van der Waals surface area contributed by atoms with Crippen molar-refractivity contribution in [2.24, 2.45) is 5.73 Å². The molecule has 1 saturated carbocycles. The Morgan fingerprint density at radius 3 is 2.53 bits per heavy atom. The number of hydrogen-bond acceptors (Lipinski definition) is 2. The molecule has 0 amide bonds. The van der Waals surface area contributed by atoms with Crippen molar-refractivity contribution in [2.75, 3.05) is 0 Å². The molecular formula is C17H25NO. The molecule has 2 aliphatic rings. The van der Waals surface area contributed by atoms with Gasteiger partial charge in [0, 0.05) is 18.0 Å². The molecule has 1 aromatic carbocycles. The minimum Gasteiger partial charge on any atom is -0.487 e. The van der Waals surface area contributed by atoms with Gasteiger partial charge in [0.1, 0.15) is 11.4 Å². The molecule has 1 heterocycles. The van der Waals surface area contributed by atoms with Crippen LogP contribution in [0.1, 0.15) is 68.5 Å². The van der Waals surface area contributed by atoms with E-state index in [1.54, 1.807) is 0 Å². The van der Waals surface area contributed by atoms with Gasteiger partial charge in [-0.3, -0.25) is 0 Å². The number of nitrogens with two attached hydrogens (primary N) is 1. The number of hydrogen-bond donors (Lipinski definition) is 1. The van der Waals surface area contributed by atoms with Crippen LogP contribution in [-0.4, -0.2) is 5.60 Å². The molecule has 1 aliphatic heterocycles. The fourth-order valence-corrected chi connectivity index (χ4v) is 3.69. The van der Waals surface area contributed by atoms with Crippen LogP contribution in [0.4, 0.5) is 0 Å². The monoisotopic (exact) mass is 259 g/mol. The molecule has 0 saturated heterocycles. The van der Waals surface area contributed by atoms with Gasteiger partial charge in [-0.15, -0.1) is 0 Å². The first-order valence-corrected chi connectivity index (χ1v) is 7.74. The van der Waals surface area contributed by atoms with Crippen LogP contribution in [-0.2, 0) is 0 Å². The van der Waals surface area contributed by atoms with Gasteiger partial charge >= 0.3 is 0 Å². The van der Waals surface area contributed by atoms with Gasteiger partial charge in [-0.25, -0.2) is 0 Å². The van der Waals surface area contributed by atoms with Crippen LogP contribution in [0.15, 0.2) is 18.2 Å². The van der Waals surface area contributed by atoms with Crippen LogP contribution in [0.3, 0.4) is 0 Å². The van der Waals surface area contributed by atoms with Crippen LogP contribution in [0.25, 0.3) is 0 Å². The molecule has 3 rings (SSSR count). The van der Waals surface area contributed by atoms with E-state index in [1.807, 2.05) is 0 Å². The summed E-state index contributed by atoms with van der Waals surface area (Å²) in [7, 11) is 0. The summed E-state index contributed by atoms with van der Waals surface area (Å²) in [6.45, 7) is 2.12. The quantitative estimate of drug-likeness (QED) is 0.755. The van der Waals surface area contributed by atoms with E-state index < -0.39 is 0 Å². The normalized spacial score (nSPS) is 26.1. The topological polar surface area (TPSA) is 35.2 Å². The van der Waals surface area contributed by atoms with Crippen molar-refractivity contribution < 1.29 is 4.74 Å². The minimum atomic E-state index is 0.0160. The van der Waals surface area contributed by atoms with Gasteiger partial charge in [-0.1, -0.05) is 37.0 Å². The first-order chi connectivity index (χ1) is 9.19. The molecule has 2 heteroatoms. The van der Waals surface area contributed by atoms with Gasteiger partial charge in [0.15, 0.2) is 0 Å². The van der Waals surface area contributed by atoms with Crippen LogP contribution in [0.2, 0.25) is 0 Å². The predicted octanol–water partition coefficient (Wildman–Crippen LogP) is 4.26. The highest BCUT2D eigenvalue weighted by atomic mass is 16.5. The maximum Gasteiger partial charge on any atom is 0.124 e. The number of aryl methyl sites for hydroxylation is 1.